The summed E-state index contributed by atoms with van der Waals surface area (Å²) in [5, 5.41) is 6.96. The van der Waals surface area contributed by atoms with Crippen molar-refractivity contribution in [1.82, 2.24) is 14.7 Å². The lowest BCUT2D eigenvalue weighted by Crippen LogP contribution is -2.39. The van der Waals surface area contributed by atoms with Crippen molar-refractivity contribution in [3.63, 3.8) is 0 Å². The molecule has 244 valence electrons. The molecule has 13 heteroatoms. The molecule has 2 aliphatic rings. The van der Waals surface area contributed by atoms with Crippen LogP contribution in [0, 0.1) is 0 Å². The molecule has 0 saturated carbocycles. The van der Waals surface area contributed by atoms with E-state index in [9.17, 15) is 19.2 Å². The smallest absolute Gasteiger partial charge is 0.365 e. The Labute approximate surface area is 284 Å². The monoisotopic (exact) mass is 681 g/mol. The van der Waals surface area contributed by atoms with E-state index in [1.165, 1.54) is 39.2 Å². The number of amides is 3. The molecule has 0 N–H and O–H groups in total. The molecule has 0 atom stereocenters. The number of nitrogens with zero attached hydrogens (tertiary/aromatic N) is 5. The van der Waals surface area contributed by atoms with Gasteiger partial charge in [0.25, 0.3) is 11.8 Å². The van der Waals surface area contributed by atoms with E-state index in [0.29, 0.717) is 70.8 Å². The number of fused-ring (bicyclic) bond motifs is 2. The normalized spacial score (nSPS) is 13.9. The van der Waals surface area contributed by atoms with Crippen LogP contribution in [-0.2, 0) is 24.2 Å². The topological polar surface area (TPSA) is 114 Å². The second-order valence-corrected chi connectivity index (χ2v) is 13.5. The Balaban J connectivity index is 1.17. The van der Waals surface area contributed by atoms with Crippen LogP contribution in [0.5, 0.6) is 10.8 Å². The summed E-state index contributed by atoms with van der Waals surface area (Å²) in [4.78, 5) is 59.4. The van der Waals surface area contributed by atoms with E-state index in [2.05, 4.69) is 5.10 Å². The van der Waals surface area contributed by atoms with Crippen LogP contribution in [-0.4, -0.2) is 65.6 Å². The Kier molecular flexibility index (Phi) is 8.31. The average Bonchev–Trinajstić information content (AvgIpc) is 3.87. The summed E-state index contributed by atoms with van der Waals surface area (Å²) < 4.78 is 12.7. The third-order valence-corrected chi connectivity index (χ3v) is 10.6. The van der Waals surface area contributed by atoms with Crippen LogP contribution in [0.15, 0.2) is 72.1 Å². The van der Waals surface area contributed by atoms with Gasteiger partial charge in [0.1, 0.15) is 11.4 Å². The summed E-state index contributed by atoms with van der Waals surface area (Å²) in [5.74, 6) is -0.428. The average molecular weight is 682 g/mol. The maximum Gasteiger partial charge on any atom is 0.365 e. The molecule has 5 heterocycles. The number of thiophene rings is 2. The molecule has 7 rings (SSSR count). The van der Waals surface area contributed by atoms with Gasteiger partial charge in [0.05, 0.1) is 17.7 Å². The molecule has 0 spiro atoms. The number of carbonyl (C=O) groups is 4. The lowest BCUT2D eigenvalue weighted by atomic mass is 10.0. The molecule has 5 aromatic rings. The van der Waals surface area contributed by atoms with Gasteiger partial charge in [-0.2, -0.15) is 5.10 Å². The first-order valence-electron chi connectivity index (χ1n) is 15.3. The molecule has 11 nitrogen and oxygen atoms in total. The lowest BCUT2D eigenvalue weighted by molar-refractivity contribution is -0.116. The molecule has 3 aromatic heterocycles. The summed E-state index contributed by atoms with van der Waals surface area (Å²) in [6, 6.07) is 19.8. The molecular weight excluding hydrogens is 651 g/mol. The maximum atomic E-state index is 14.2. The van der Waals surface area contributed by atoms with Gasteiger partial charge >= 0.3 is 5.97 Å². The van der Waals surface area contributed by atoms with Gasteiger partial charge in [-0.05, 0) is 84.4 Å². The van der Waals surface area contributed by atoms with Gasteiger partial charge in [0, 0.05) is 55.4 Å². The fourth-order valence-electron chi connectivity index (χ4n) is 5.94. The predicted molar refractivity (Wildman–Crippen MR) is 183 cm³/mol. The number of anilines is 2. The first-order valence-corrected chi connectivity index (χ1v) is 17.0. The van der Waals surface area contributed by atoms with Crippen LogP contribution in [0.1, 0.15) is 53.6 Å². The number of aromatic nitrogens is 2. The highest BCUT2D eigenvalue weighted by molar-refractivity contribution is 7.14. The molecule has 0 fully saturated rings. The van der Waals surface area contributed by atoms with E-state index < -0.39 is 5.97 Å². The zero-order valence-electron chi connectivity index (χ0n) is 26.5. The summed E-state index contributed by atoms with van der Waals surface area (Å²) in [6.07, 6.45) is 1.05. The molecule has 2 aromatic carbocycles. The first-order chi connectivity index (χ1) is 23.2. The van der Waals surface area contributed by atoms with Crippen molar-refractivity contribution in [3.05, 3.63) is 104 Å². The van der Waals surface area contributed by atoms with Crippen molar-refractivity contribution in [1.29, 1.82) is 0 Å². The van der Waals surface area contributed by atoms with Crippen LogP contribution in [0.3, 0.4) is 0 Å². The van der Waals surface area contributed by atoms with Crippen LogP contribution < -0.4 is 19.3 Å². The third kappa shape index (κ3) is 5.75. The number of methoxy groups -OCH3 is 1. The van der Waals surface area contributed by atoms with E-state index in [0.717, 1.165) is 10.4 Å². The van der Waals surface area contributed by atoms with E-state index in [-0.39, 0.29) is 29.1 Å². The van der Waals surface area contributed by atoms with Crippen molar-refractivity contribution in [2.75, 3.05) is 37.0 Å². The number of esters is 1. The van der Waals surface area contributed by atoms with Crippen LogP contribution in [0.25, 0.3) is 5.69 Å². The van der Waals surface area contributed by atoms with E-state index >= 15 is 0 Å². The lowest BCUT2D eigenvalue weighted by Gasteiger charge is -2.28. The summed E-state index contributed by atoms with van der Waals surface area (Å²) >= 11 is 2.81. The highest BCUT2D eigenvalue weighted by Crippen LogP contribution is 2.36. The van der Waals surface area contributed by atoms with E-state index in [1.54, 1.807) is 67.6 Å². The standard InChI is InChI=1S/C35H31N5O6S2/c1-21(41)37(2)23-6-8-24(9-7-23)39-17-14-27-31(36-40(32(27)34(39)43)25-10-12-26(45-3)13-11-25)35(44)46-30-19-22-20-38(16-15-28(22)48-30)33(42)29-5-4-18-47-29/h4-13,18-19H,14-17,20H2,1-3H3. The molecule has 0 aliphatic carbocycles. The molecule has 0 unspecified atom stereocenters. The van der Waals surface area contributed by atoms with Crippen molar-refractivity contribution in [2.24, 2.45) is 0 Å². The second kappa shape index (κ2) is 12.7. The first kappa shape index (κ1) is 31.3. The third-order valence-electron chi connectivity index (χ3n) is 8.60. The van der Waals surface area contributed by atoms with Gasteiger partial charge < -0.3 is 24.2 Å². The zero-order valence-corrected chi connectivity index (χ0v) is 28.1. The minimum Gasteiger partial charge on any atom is -0.497 e. The Morgan fingerprint density at radius 1 is 0.958 bits per heavy atom. The Hall–Kier alpha value is -5.27. The molecule has 0 bridgehead atoms. The molecular formula is C35H31N5O6S2. The Morgan fingerprint density at radius 3 is 2.40 bits per heavy atom. The molecule has 3 amide bonds. The number of hydrogen-bond acceptors (Lipinski definition) is 9. The number of rotatable bonds is 7. The molecule has 0 radical (unpaired) electrons. The van der Waals surface area contributed by atoms with E-state index in [4.69, 9.17) is 9.47 Å². The molecule has 2 aliphatic heterocycles. The number of ether oxygens (including phenoxy) is 2. The van der Waals surface area contributed by atoms with Crippen LogP contribution >= 0.6 is 22.7 Å². The fraction of sp³-hybridized carbons (Fsp3) is 0.229. The zero-order chi connectivity index (χ0) is 33.5. The highest BCUT2D eigenvalue weighted by Gasteiger charge is 2.36. The minimum absolute atomic E-state index is 0.00542. The van der Waals surface area contributed by atoms with Crippen molar-refractivity contribution < 1.29 is 28.7 Å². The SMILES string of the molecule is COc1ccc(-n2nc(C(=O)Oc3cc4c(s3)CCN(C(=O)c3cccs3)C4)c3c2C(=O)N(c2ccc(N(C)C(C)=O)cc2)CC3)cc1. The van der Waals surface area contributed by atoms with Crippen LogP contribution in [0.4, 0.5) is 11.4 Å². The summed E-state index contributed by atoms with van der Waals surface area (Å²) in [5.41, 5.74) is 3.78. The van der Waals surface area contributed by atoms with Gasteiger partial charge in [-0.25, -0.2) is 9.48 Å². The van der Waals surface area contributed by atoms with E-state index in [1.807, 2.05) is 28.5 Å². The highest BCUT2D eigenvalue weighted by atomic mass is 32.1. The van der Waals surface area contributed by atoms with Gasteiger partial charge in [-0.15, -0.1) is 22.7 Å². The Bertz CT molecular complexity index is 2030. The second-order valence-electron chi connectivity index (χ2n) is 11.4. The fourth-order valence-corrected chi connectivity index (χ4v) is 7.64. The summed E-state index contributed by atoms with van der Waals surface area (Å²) in [6.45, 7) is 2.84. The predicted octanol–water partition coefficient (Wildman–Crippen LogP) is 5.61. The van der Waals surface area contributed by atoms with Crippen molar-refractivity contribution >= 4 is 57.7 Å². The Morgan fingerprint density at radius 2 is 1.71 bits per heavy atom. The maximum absolute atomic E-state index is 14.2. The number of carbonyl (C=O) groups excluding carboxylic acids is 4. The minimum atomic E-state index is -0.651. The molecule has 48 heavy (non-hydrogen) atoms. The van der Waals surface area contributed by atoms with Crippen LogP contribution in [0.2, 0.25) is 0 Å². The van der Waals surface area contributed by atoms with Gasteiger partial charge in [-0.3, -0.25) is 14.4 Å². The largest absolute Gasteiger partial charge is 0.497 e. The molecule has 0 saturated heterocycles. The summed E-state index contributed by atoms with van der Waals surface area (Å²) in [7, 11) is 3.26. The quantitative estimate of drug-likeness (QED) is 0.205. The van der Waals surface area contributed by atoms with Gasteiger partial charge in [0.15, 0.2) is 10.8 Å². The number of hydrogen-bond donors (Lipinski definition) is 0. The van der Waals surface area contributed by atoms with Crippen molar-refractivity contribution in [2.45, 2.75) is 26.3 Å². The number of benzene rings is 2. The van der Waals surface area contributed by atoms with Gasteiger partial charge in [-0.1, -0.05) is 6.07 Å². The van der Waals surface area contributed by atoms with Gasteiger partial charge in [0.2, 0.25) is 5.91 Å². The van der Waals surface area contributed by atoms with Crippen molar-refractivity contribution in [3.8, 4) is 16.5 Å².